The molecular weight excluding hydrogens is 346 g/mol. The number of carbonyl (C=O) groups excluding carboxylic acids is 1. The van der Waals surface area contributed by atoms with Gasteiger partial charge in [0.2, 0.25) is 0 Å². The molecule has 7 heteroatoms. The van der Waals surface area contributed by atoms with Crippen LogP contribution in [-0.2, 0) is 11.3 Å². The summed E-state index contributed by atoms with van der Waals surface area (Å²) in [6, 6.07) is 1.62. The molecule has 27 heavy (non-hydrogen) atoms. The molecule has 150 valence electrons. The first-order valence-electron chi connectivity index (χ1n) is 9.57. The van der Waals surface area contributed by atoms with Gasteiger partial charge in [0.05, 0.1) is 18.7 Å². The summed E-state index contributed by atoms with van der Waals surface area (Å²) in [5, 5.41) is 14.8. The first-order chi connectivity index (χ1) is 12.7. The van der Waals surface area contributed by atoms with Gasteiger partial charge in [0, 0.05) is 24.3 Å². The molecule has 0 aliphatic heterocycles. The SMILES string of the molecule is CC(C)(C)CCOc1cnccc1CNC(=O)NC1CCC(C(=O)O)CC1. The van der Waals surface area contributed by atoms with Crippen LogP contribution in [0.4, 0.5) is 4.79 Å². The van der Waals surface area contributed by atoms with Crippen molar-refractivity contribution >= 4 is 12.0 Å². The van der Waals surface area contributed by atoms with Crippen LogP contribution in [0.1, 0.15) is 58.4 Å². The highest BCUT2D eigenvalue weighted by molar-refractivity contribution is 5.74. The summed E-state index contributed by atoms with van der Waals surface area (Å²) < 4.78 is 5.84. The van der Waals surface area contributed by atoms with E-state index in [1.165, 1.54) is 0 Å². The molecule has 1 saturated carbocycles. The van der Waals surface area contributed by atoms with Crippen molar-refractivity contribution in [1.82, 2.24) is 15.6 Å². The van der Waals surface area contributed by atoms with Crippen molar-refractivity contribution in [2.45, 2.75) is 65.5 Å². The molecule has 2 rings (SSSR count). The third-order valence-electron chi connectivity index (χ3n) is 4.83. The number of nitrogens with zero attached hydrogens (tertiary/aromatic N) is 1. The standard InChI is InChI=1S/C20H31N3O4/c1-20(2,3)9-11-27-17-13-21-10-8-15(17)12-22-19(26)23-16-6-4-14(5-7-16)18(24)25/h8,10,13-14,16H,4-7,9,11-12H2,1-3H3,(H,24,25)(H2,22,23,26). The Morgan fingerprint density at radius 1 is 1.26 bits per heavy atom. The van der Waals surface area contributed by atoms with Crippen LogP contribution in [0.3, 0.4) is 0 Å². The van der Waals surface area contributed by atoms with Crippen LogP contribution >= 0.6 is 0 Å². The lowest BCUT2D eigenvalue weighted by molar-refractivity contribution is -0.142. The van der Waals surface area contributed by atoms with Crippen molar-refractivity contribution in [3.63, 3.8) is 0 Å². The first-order valence-corrected chi connectivity index (χ1v) is 9.57. The normalized spacial score (nSPS) is 20.0. The van der Waals surface area contributed by atoms with Crippen molar-refractivity contribution in [3.05, 3.63) is 24.0 Å². The quantitative estimate of drug-likeness (QED) is 0.677. The average Bonchev–Trinajstić information content (AvgIpc) is 2.60. The number of pyridine rings is 1. The zero-order chi connectivity index (χ0) is 19.9. The molecular formula is C20H31N3O4. The van der Waals surface area contributed by atoms with Gasteiger partial charge in [-0.25, -0.2) is 4.79 Å². The minimum Gasteiger partial charge on any atom is -0.492 e. The predicted molar refractivity (Wildman–Crippen MR) is 103 cm³/mol. The van der Waals surface area contributed by atoms with Gasteiger partial charge in [-0.3, -0.25) is 9.78 Å². The van der Waals surface area contributed by atoms with Gasteiger partial charge >= 0.3 is 12.0 Å². The third-order valence-corrected chi connectivity index (χ3v) is 4.83. The van der Waals surface area contributed by atoms with E-state index in [2.05, 4.69) is 36.4 Å². The summed E-state index contributed by atoms with van der Waals surface area (Å²) in [5.74, 6) is -0.339. The summed E-state index contributed by atoms with van der Waals surface area (Å²) in [6.45, 7) is 7.44. The molecule has 7 nitrogen and oxygen atoms in total. The minimum atomic E-state index is -0.741. The summed E-state index contributed by atoms with van der Waals surface area (Å²) in [4.78, 5) is 27.3. The number of aromatic nitrogens is 1. The summed E-state index contributed by atoms with van der Waals surface area (Å²) >= 11 is 0. The van der Waals surface area contributed by atoms with Crippen LogP contribution < -0.4 is 15.4 Å². The van der Waals surface area contributed by atoms with Crippen molar-refractivity contribution in [3.8, 4) is 5.75 Å². The second kappa shape index (κ2) is 9.58. The zero-order valence-corrected chi connectivity index (χ0v) is 16.5. The van der Waals surface area contributed by atoms with E-state index in [9.17, 15) is 9.59 Å². The number of carboxylic acid groups (broad SMARTS) is 1. The number of urea groups is 1. The average molecular weight is 377 g/mol. The molecule has 0 unspecified atom stereocenters. The number of carbonyl (C=O) groups is 2. The first kappa shape index (κ1) is 21.0. The molecule has 0 spiro atoms. The van der Waals surface area contributed by atoms with Gasteiger partial charge in [-0.1, -0.05) is 20.8 Å². The van der Waals surface area contributed by atoms with Crippen LogP contribution in [0.25, 0.3) is 0 Å². The smallest absolute Gasteiger partial charge is 0.315 e. The van der Waals surface area contributed by atoms with E-state index in [-0.39, 0.29) is 23.4 Å². The number of hydrogen-bond donors (Lipinski definition) is 3. The molecule has 0 aromatic carbocycles. The van der Waals surface area contributed by atoms with Crippen LogP contribution in [0, 0.1) is 11.3 Å². The highest BCUT2D eigenvalue weighted by Crippen LogP contribution is 2.24. The molecule has 0 radical (unpaired) electrons. The van der Waals surface area contributed by atoms with Crippen molar-refractivity contribution in [1.29, 1.82) is 0 Å². The molecule has 1 aliphatic carbocycles. The molecule has 1 fully saturated rings. The lowest BCUT2D eigenvalue weighted by atomic mass is 9.86. The molecule has 0 bridgehead atoms. The maximum absolute atomic E-state index is 12.2. The lowest BCUT2D eigenvalue weighted by Crippen LogP contribution is -2.43. The van der Waals surface area contributed by atoms with Gasteiger partial charge in [-0.2, -0.15) is 0 Å². The molecule has 1 aromatic rings. The topological polar surface area (TPSA) is 101 Å². The number of nitrogens with one attached hydrogen (secondary N) is 2. The lowest BCUT2D eigenvalue weighted by Gasteiger charge is -2.26. The fourth-order valence-electron chi connectivity index (χ4n) is 3.05. The molecule has 1 heterocycles. The van der Waals surface area contributed by atoms with Gasteiger partial charge in [0.25, 0.3) is 0 Å². The summed E-state index contributed by atoms with van der Waals surface area (Å²) in [7, 11) is 0. The maximum atomic E-state index is 12.2. The van der Waals surface area contributed by atoms with Crippen molar-refractivity contribution in [2.24, 2.45) is 11.3 Å². The fraction of sp³-hybridized carbons (Fsp3) is 0.650. The monoisotopic (exact) mass is 377 g/mol. The van der Waals surface area contributed by atoms with E-state index in [1.54, 1.807) is 12.4 Å². The van der Waals surface area contributed by atoms with Gasteiger partial charge in [-0.05, 0) is 43.6 Å². The van der Waals surface area contributed by atoms with Gasteiger partial charge in [-0.15, -0.1) is 0 Å². The molecule has 3 N–H and O–H groups in total. The van der Waals surface area contributed by atoms with Crippen molar-refractivity contribution in [2.75, 3.05) is 6.61 Å². The van der Waals surface area contributed by atoms with Crippen LogP contribution in [0.15, 0.2) is 18.5 Å². The largest absolute Gasteiger partial charge is 0.492 e. The van der Waals surface area contributed by atoms with E-state index < -0.39 is 5.97 Å². The van der Waals surface area contributed by atoms with E-state index in [1.807, 2.05) is 6.07 Å². The van der Waals surface area contributed by atoms with Gasteiger partial charge < -0.3 is 20.5 Å². The number of rotatable bonds is 7. The Balaban J connectivity index is 1.77. The highest BCUT2D eigenvalue weighted by Gasteiger charge is 2.26. The van der Waals surface area contributed by atoms with Crippen LogP contribution in [0.2, 0.25) is 0 Å². The Hall–Kier alpha value is -2.31. The Labute approximate surface area is 160 Å². The maximum Gasteiger partial charge on any atom is 0.315 e. The molecule has 0 saturated heterocycles. The number of ether oxygens (including phenoxy) is 1. The molecule has 1 aromatic heterocycles. The Morgan fingerprint density at radius 2 is 1.96 bits per heavy atom. The number of aliphatic carboxylic acids is 1. The van der Waals surface area contributed by atoms with Crippen LogP contribution in [-0.4, -0.2) is 34.7 Å². The van der Waals surface area contributed by atoms with Crippen LogP contribution in [0.5, 0.6) is 5.75 Å². The van der Waals surface area contributed by atoms with E-state index >= 15 is 0 Å². The van der Waals surface area contributed by atoms with Gasteiger partial charge in [0.1, 0.15) is 5.75 Å². The number of amides is 2. The fourth-order valence-corrected chi connectivity index (χ4v) is 3.05. The Morgan fingerprint density at radius 3 is 2.59 bits per heavy atom. The van der Waals surface area contributed by atoms with E-state index in [4.69, 9.17) is 9.84 Å². The summed E-state index contributed by atoms with van der Waals surface area (Å²) in [5.41, 5.74) is 1.07. The molecule has 1 aliphatic rings. The number of hydrogen-bond acceptors (Lipinski definition) is 4. The highest BCUT2D eigenvalue weighted by atomic mass is 16.5. The van der Waals surface area contributed by atoms with E-state index in [0.717, 1.165) is 12.0 Å². The van der Waals surface area contributed by atoms with Crippen molar-refractivity contribution < 1.29 is 19.4 Å². The zero-order valence-electron chi connectivity index (χ0n) is 16.5. The molecule has 0 atom stereocenters. The van der Waals surface area contributed by atoms with Gasteiger partial charge in [0.15, 0.2) is 0 Å². The second-order valence-corrected chi connectivity index (χ2v) is 8.36. The Bertz CT molecular complexity index is 634. The molecule has 2 amide bonds. The predicted octanol–water partition coefficient (Wildman–Crippen LogP) is 3.34. The summed E-state index contributed by atoms with van der Waals surface area (Å²) in [6.07, 6.45) is 6.88. The number of carboxylic acids is 1. The Kier molecular flexibility index (Phi) is 7.45. The minimum absolute atomic E-state index is 0.0283. The third kappa shape index (κ3) is 7.45. The second-order valence-electron chi connectivity index (χ2n) is 8.36. The van der Waals surface area contributed by atoms with E-state index in [0.29, 0.717) is 44.6 Å².